The van der Waals surface area contributed by atoms with Crippen molar-refractivity contribution in [1.82, 2.24) is 14.7 Å². The number of aliphatic hydroxyl groups is 1. The highest BCUT2D eigenvalue weighted by atomic mass is 32.2. The summed E-state index contributed by atoms with van der Waals surface area (Å²) in [5, 5.41) is 18.3. The van der Waals surface area contributed by atoms with Gasteiger partial charge in [0.15, 0.2) is 0 Å². The van der Waals surface area contributed by atoms with Gasteiger partial charge in [-0.3, -0.25) is 0 Å². The monoisotopic (exact) mass is 476 g/mol. The summed E-state index contributed by atoms with van der Waals surface area (Å²) < 4.78 is 31.4. The van der Waals surface area contributed by atoms with Crippen molar-refractivity contribution in [3.8, 4) is 0 Å². The number of halogens is 2. The fraction of sp³-hybridized carbons (Fsp3) is 0.391. The fourth-order valence-electron chi connectivity index (χ4n) is 3.93. The van der Waals surface area contributed by atoms with Crippen molar-refractivity contribution in [3.05, 3.63) is 76.6 Å². The van der Waals surface area contributed by atoms with Crippen molar-refractivity contribution >= 4 is 28.4 Å². The molecule has 3 aromatic rings. The standard InChI is InChI=1S/C23H26F2N4OS2/c1-2-14-3-4-16-11-31-12-21(19(16)7-14)26-10-22(30)20(29-23-27-13-28-32-23)8-15-5-17(24)9-18(25)6-15/h3-7,9,13,20-22,26,30H,2,8,10-12H2,1H3,(H,27,28,29). The first-order valence-electron chi connectivity index (χ1n) is 10.6. The Balaban J connectivity index is 1.47. The molecule has 5 nitrogen and oxygen atoms in total. The molecule has 0 amide bonds. The molecule has 1 aliphatic rings. The quantitative estimate of drug-likeness (QED) is 0.427. The van der Waals surface area contributed by atoms with Crippen molar-refractivity contribution < 1.29 is 13.9 Å². The molecule has 2 aromatic carbocycles. The van der Waals surface area contributed by atoms with Crippen LogP contribution < -0.4 is 10.6 Å². The van der Waals surface area contributed by atoms with Crippen molar-refractivity contribution in [2.24, 2.45) is 0 Å². The van der Waals surface area contributed by atoms with Crippen molar-refractivity contribution in [1.29, 1.82) is 0 Å². The zero-order valence-corrected chi connectivity index (χ0v) is 19.4. The molecule has 0 saturated carbocycles. The van der Waals surface area contributed by atoms with E-state index < -0.39 is 23.8 Å². The van der Waals surface area contributed by atoms with E-state index in [1.165, 1.54) is 46.7 Å². The third-order valence-corrected chi connectivity index (χ3v) is 7.30. The summed E-state index contributed by atoms with van der Waals surface area (Å²) in [6.45, 7) is 2.47. The highest BCUT2D eigenvalue weighted by molar-refractivity contribution is 7.98. The molecule has 32 heavy (non-hydrogen) atoms. The molecule has 3 N–H and O–H groups in total. The predicted octanol–water partition coefficient (Wildman–Crippen LogP) is 4.34. The molecule has 0 radical (unpaired) electrons. The third-order valence-electron chi connectivity index (χ3n) is 5.62. The lowest BCUT2D eigenvalue weighted by atomic mass is 9.97. The SMILES string of the molecule is CCc1ccc2c(c1)C(NCC(O)C(Cc1cc(F)cc(F)c1)Nc1ncns1)CSC2. The molecule has 4 rings (SSSR count). The maximum atomic E-state index is 13.7. The zero-order valence-electron chi connectivity index (χ0n) is 17.7. The van der Waals surface area contributed by atoms with Crippen molar-refractivity contribution in [2.45, 2.75) is 43.7 Å². The first-order valence-corrected chi connectivity index (χ1v) is 12.5. The molecule has 0 bridgehead atoms. The van der Waals surface area contributed by atoms with Gasteiger partial charge in [-0.25, -0.2) is 13.8 Å². The molecule has 0 saturated heterocycles. The van der Waals surface area contributed by atoms with Gasteiger partial charge < -0.3 is 15.7 Å². The van der Waals surface area contributed by atoms with E-state index >= 15 is 0 Å². The number of fused-ring (bicyclic) bond motifs is 1. The maximum Gasteiger partial charge on any atom is 0.202 e. The highest BCUT2D eigenvalue weighted by Gasteiger charge is 2.25. The number of nitrogens with zero attached hydrogens (tertiary/aromatic N) is 2. The molecular weight excluding hydrogens is 450 g/mol. The molecule has 170 valence electrons. The van der Waals surface area contributed by atoms with Crippen LogP contribution in [0.15, 0.2) is 42.7 Å². The number of anilines is 1. The number of nitrogens with one attached hydrogen (secondary N) is 2. The van der Waals surface area contributed by atoms with Gasteiger partial charge in [-0.2, -0.15) is 16.1 Å². The summed E-state index contributed by atoms with van der Waals surface area (Å²) >= 11 is 3.04. The van der Waals surface area contributed by atoms with E-state index in [2.05, 4.69) is 45.1 Å². The average Bonchev–Trinajstić information content (AvgIpc) is 3.29. The van der Waals surface area contributed by atoms with E-state index in [1.807, 2.05) is 11.8 Å². The van der Waals surface area contributed by atoms with Crippen LogP contribution in [0.2, 0.25) is 0 Å². The topological polar surface area (TPSA) is 70.1 Å². The molecular formula is C23H26F2N4OS2. The normalized spacial score (nSPS) is 17.6. The Hall–Kier alpha value is -2.07. The minimum Gasteiger partial charge on any atom is -0.390 e. The average molecular weight is 477 g/mol. The predicted molar refractivity (Wildman–Crippen MR) is 126 cm³/mol. The fourth-order valence-corrected chi connectivity index (χ4v) is 5.56. The number of rotatable bonds is 9. The van der Waals surface area contributed by atoms with Crippen LogP contribution in [0, 0.1) is 11.6 Å². The third kappa shape index (κ3) is 5.83. The second-order valence-corrected chi connectivity index (χ2v) is 9.72. The zero-order chi connectivity index (χ0) is 22.5. The van der Waals surface area contributed by atoms with E-state index in [1.54, 1.807) is 0 Å². The van der Waals surface area contributed by atoms with Crippen LogP contribution >= 0.6 is 23.3 Å². The number of hydrogen-bond acceptors (Lipinski definition) is 7. The van der Waals surface area contributed by atoms with Gasteiger partial charge in [0.1, 0.15) is 18.0 Å². The number of benzene rings is 2. The molecule has 0 spiro atoms. The Labute approximate surface area is 194 Å². The Kier molecular flexibility index (Phi) is 7.72. The molecule has 0 aliphatic carbocycles. The first kappa shape index (κ1) is 23.1. The maximum absolute atomic E-state index is 13.7. The van der Waals surface area contributed by atoms with Gasteiger partial charge in [0.25, 0.3) is 0 Å². The molecule has 3 unspecified atom stereocenters. The summed E-state index contributed by atoms with van der Waals surface area (Å²) in [5.74, 6) is 0.651. The van der Waals surface area contributed by atoms with Gasteiger partial charge in [0.05, 0.1) is 12.1 Å². The van der Waals surface area contributed by atoms with Crippen molar-refractivity contribution in [3.63, 3.8) is 0 Å². The number of aryl methyl sites for hydroxylation is 1. The lowest BCUT2D eigenvalue weighted by Crippen LogP contribution is -2.44. The minimum atomic E-state index is -0.810. The number of aromatic nitrogens is 2. The van der Waals surface area contributed by atoms with Crippen molar-refractivity contribution in [2.75, 3.05) is 17.6 Å². The number of hydrogen-bond donors (Lipinski definition) is 3. The molecule has 9 heteroatoms. The van der Waals surface area contributed by atoms with Gasteiger partial charge in [0, 0.05) is 41.7 Å². The van der Waals surface area contributed by atoms with E-state index in [0.29, 0.717) is 17.2 Å². The van der Waals surface area contributed by atoms with E-state index in [-0.39, 0.29) is 12.5 Å². The van der Waals surface area contributed by atoms with Crippen LogP contribution in [0.1, 0.15) is 35.2 Å². The largest absolute Gasteiger partial charge is 0.390 e. The summed E-state index contributed by atoms with van der Waals surface area (Å²) in [6, 6.07) is 9.70. The second kappa shape index (κ2) is 10.7. The summed E-state index contributed by atoms with van der Waals surface area (Å²) in [7, 11) is 0. The summed E-state index contributed by atoms with van der Waals surface area (Å²) in [4.78, 5) is 4.13. The molecule has 0 fully saturated rings. The lowest BCUT2D eigenvalue weighted by Gasteiger charge is -2.30. The van der Waals surface area contributed by atoms with E-state index in [9.17, 15) is 13.9 Å². The van der Waals surface area contributed by atoms with Crippen LogP contribution in [-0.4, -0.2) is 38.9 Å². The first-order chi connectivity index (χ1) is 15.5. The Morgan fingerprint density at radius 1 is 1.16 bits per heavy atom. The smallest absolute Gasteiger partial charge is 0.202 e. The minimum absolute atomic E-state index is 0.138. The lowest BCUT2D eigenvalue weighted by molar-refractivity contribution is 0.146. The van der Waals surface area contributed by atoms with Gasteiger partial charge >= 0.3 is 0 Å². The Morgan fingerprint density at radius 2 is 1.97 bits per heavy atom. The van der Waals surface area contributed by atoms with E-state index in [4.69, 9.17) is 0 Å². The summed E-state index contributed by atoms with van der Waals surface area (Å²) in [5.41, 5.74) is 4.38. The summed E-state index contributed by atoms with van der Waals surface area (Å²) in [6.07, 6.45) is 1.84. The Bertz CT molecular complexity index is 1010. The van der Waals surface area contributed by atoms with Crippen LogP contribution in [0.5, 0.6) is 0 Å². The van der Waals surface area contributed by atoms with E-state index in [0.717, 1.165) is 24.0 Å². The molecule has 1 aromatic heterocycles. The highest BCUT2D eigenvalue weighted by Crippen LogP contribution is 2.32. The molecule has 2 heterocycles. The van der Waals surface area contributed by atoms with Crippen LogP contribution in [0.4, 0.5) is 13.9 Å². The van der Waals surface area contributed by atoms with Crippen LogP contribution in [-0.2, 0) is 18.6 Å². The van der Waals surface area contributed by atoms with Gasteiger partial charge in [-0.1, -0.05) is 25.1 Å². The van der Waals surface area contributed by atoms with Gasteiger partial charge in [-0.05, 0) is 47.2 Å². The van der Waals surface area contributed by atoms with Crippen LogP contribution in [0.25, 0.3) is 0 Å². The molecule has 3 atom stereocenters. The number of thioether (sulfide) groups is 1. The van der Waals surface area contributed by atoms with Crippen LogP contribution in [0.3, 0.4) is 0 Å². The van der Waals surface area contributed by atoms with Gasteiger partial charge in [-0.15, -0.1) is 0 Å². The van der Waals surface area contributed by atoms with Gasteiger partial charge in [0.2, 0.25) is 5.13 Å². The second-order valence-electron chi connectivity index (χ2n) is 7.91. The molecule has 1 aliphatic heterocycles. The Morgan fingerprint density at radius 3 is 2.69 bits per heavy atom. The number of aliphatic hydroxyl groups excluding tert-OH is 1.